The first kappa shape index (κ1) is 25.3. The fraction of sp³-hybridized carbons (Fsp3) is 0.174. The third-order valence-corrected chi connectivity index (χ3v) is 6.72. The second kappa shape index (κ2) is 10.7. The Bertz CT molecular complexity index is 1330. The zero-order valence-corrected chi connectivity index (χ0v) is 19.9. The van der Waals surface area contributed by atoms with E-state index in [9.17, 15) is 23.3 Å². The molecule has 3 aromatic carbocycles. The molecule has 12 heteroatoms. The van der Waals surface area contributed by atoms with E-state index in [1.807, 2.05) is 0 Å². The van der Waals surface area contributed by atoms with Crippen LogP contribution in [0.4, 0.5) is 17.1 Å². The highest BCUT2D eigenvalue weighted by Crippen LogP contribution is 2.36. The lowest BCUT2D eigenvalue weighted by molar-refractivity contribution is -0.384. The number of methoxy groups -OCH3 is 3. The van der Waals surface area contributed by atoms with Gasteiger partial charge in [0.05, 0.1) is 42.5 Å². The van der Waals surface area contributed by atoms with E-state index in [1.54, 1.807) is 24.3 Å². The maximum atomic E-state index is 13.6. The van der Waals surface area contributed by atoms with Gasteiger partial charge in [-0.3, -0.25) is 19.2 Å². The zero-order valence-electron chi connectivity index (χ0n) is 19.1. The molecule has 0 heterocycles. The summed E-state index contributed by atoms with van der Waals surface area (Å²) in [7, 11) is -0.114. The van der Waals surface area contributed by atoms with Crippen LogP contribution in [0.1, 0.15) is 0 Å². The average molecular weight is 502 g/mol. The number of non-ortho nitro benzene ring substituents is 1. The molecule has 11 nitrogen and oxygen atoms in total. The van der Waals surface area contributed by atoms with Crippen LogP contribution in [0, 0.1) is 10.1 Å². The third-order valence-electron chi connectivity index (χ3n) is 4.94. The van der Waals surface area contributed by atoms with Crippen LogP contribution in [-0.2, 0) is 14.8 Å². The Labute approximate surface area is 202 Å². The van der Waals surface area contributed by atoms with Crippen LogP contribution in [0.3, 0.4) is 0 Å². The monoisotopic (exact) mass is 501 g/mol. The largest absolute Gasteiger partial charge is 0.497 e. The minimum absolute atomic E-state index is 0.0152. The predicted octanol–water partition coefficient (Wildman–Crippen LogP) is 3.45. The molecule has 184 valence electrons. The number of nitro benzene ring substituents is 1. The van der Waals surface area contributed by atoms with Gasteiger partial charge in [0.2, 0.25) is 5.91 Å². The normalized spacial score (nSPS) is 10.8. The van der Waals surface area contributed by atoms with Crippen molar-refractivity contribution in [3.63, 3.8) is 0 Å². The van der Waals surface area contributed by atoms with Gasteiger partial charge in [0.1, 0.15) is 23.8 Å². The smallest absolute Gasteiger partial charge is 0.271 e. The number of nitro groups is 1. The lowest BCUT2D eigenvalue weighted by atomic mass is 10.2. The van der Waals surface area contributed by atoms with E-state index < -0.39 is 27.4 Å². The van der Waals surface area contributed by atoms with Crippen molar-refractivity contribution >= 4 is 33.0 Å². The van der Waals surface area contributed by atoms with Gasteiger partial charge >= 0.3 is 0 Å². The van der Waals surface area contributed by atoms with Gasteiger partial charge in [0, 0.05) is 18.2 Å². The molecular weight excluding hydrogens is 478 g/mol. The van der Waals surface area contributed by atoms with Crippen LogP contribution in [0.25, 0.3) is 0 Å². The van der Waals surface area contributed by atoms with E-state index >= 15 is 0 Å². The van der Waals surface area contributed by atoms with Gasteiger partial charge in [-0.25, -0.2) is 8.42 Å². The second-order valence-corrected chi connectivity index (χ2v) is 8.91. The van der Waals surface area contributed by atoms with Crippen molar-refractivity contribution in [2.24, 2.45) is 0 Å². The SMILES string of the molecule is COc1ccc(OC)c(N(CC(=O)Nc2cc([N+](=O)[O-])ccc2OC)S(=O)(=O)c2ccccc2)c1. The molecule has 0 aromatic heterocycles. The molecule has 0 radical (unpaired) electrons. The number of carbonyl (C=O) groups excluding carboxylic acids is 1. The molecule has 35 heavy (non-hydrogen) atoms. The summed E-state index contributed by atoms with van der Waals surface area (Å²) >= 11 is 0. The van der Waals surface area contributed by atoms with E-state index in [0.717, 1.165) is 10.4 Å². The van der Waals surface area contributed by atoms with Crippen LogP contribution >= 0.6 is 0 Å². The molecule has 0 aliphatic heterocycles. The Kier molecular flexibility index (Phi) is 7.76. The highest BCUT2D eigenvalue weighted by molar-refractivity contribution is 7.92. The van der Waals surface area contributed by atoms with Crippen LogP contribution < -0.4 is 23.8 Å². The van der Waals surface area contributed by atoms with Crippen molar-refractivity contribution in [2.45, 2.75) is 4.90 Å². The predicted molar refractivity (Wildman–Crippen MR) is 129 cm³/mol. The highest BCUT2D eigenvalue weighted by atomic mass is 32.2. The van der Waals surface area contributed by atoms with E-state index in [2.05, 4.69) is 5.32 Å². The lowest BCUT2D eigenvalue weighted by Gasteiger charge is -2.26. The standard InChI is InChI=1S/C23H23N3O8S/c1-32-17-10-12-22(34-3)20(14-17)25(35(30,31)18-7-5-4-6-8-18)15-23(27)24-19-13-16(26(28)29)9-11-21(19)33-2/h4-14H,15H2,1-3H3,(H,24,27). The number of rotatable bonds is 10. The molecule has 0 spiro atoms. The fourth-order valence-corrected chi connectivity index (χ4v) is 4.68. The molecule has 0 saturated carbocycles. The highest BCUT2D eigenvalue weighted by Gasteiger charge is 2.30. The molecule has 3 aromatic rings. The van der Waals surface area contributed by atoms with Crippen molar-refractivity contribution in [1.29, 1.82) is 0 Å². The van der Waals surface area contributed by atoms with Crippen molar-refractivity contribution < 1.29 is 32.3 Å². The molecule has 0 aliphatic carbocycles. The van der Waals surface area contributed by atoms with E-state index in [1.165, 1.54) is 57.7 Å². The first-order valence-corrected chi connectivity index (χ1v) is 11.6. The first-order valence-electron chi connectivity index (χ1n) is 10.1. The first-order chi connectivity index (χ1) is 16.7. The van der Waals surface area contributed by atoms with Gasteiger partial charge in [-0.15, -0.1) is 0 Å². The van der Waals surface area contributed by atoms with E-state index in [0.29, 0.717) is 5.75 Å². The number of carbonyl (C=O) groups is 1. The summed E-state index contributed by atoms with van der Waals surface area (Å²) in [6, 6.07) is 15.8. The molecule has 0 aliphatic rings. The minimum atomic E-state index is -4.24. The maximum absolute atomic E-state index is 13.6. The molecule has 0 bridgehead atoms. The number of amides is 1. The molecular formula is C23H23N3O8S. The molecule has 0 unspecified atom stereocenters. The van der Waals surface area contributed by atoms with Gasteiger partial charge in [-0.1, -0.05) is 18.2 Å². The minimum Gasteiger partial charge on any atom is -0.497 e. The van der Waals surface area contributed by atoms with Crippen LogP contribution in [0.2, 0.25) is 0 Å². The van der Waals surface area contributed by atoms with Crippen LogP contribution in [-0.4, -0.2) is 47.1 Å². The van der Waals surface area contributed by atoms with Crippen molar-refractivity contribution in [2.75, 3.05) is 37.5 Å². The number of anilines is 2. The van der Waals surface area contributed by atoms with E-state index in [-0.39, 0.29) is 33.5 Å². The molecule has 0 atom stereocenters. The number of sulfonamides is 1. The Morgan fingerprint density at radius 2 is 1.60 bits per heavy atom. The summed E-state index contributed by atoms with van der Waals surface area (Å²) in [4.78, 5) is 23.5. The van der Waals surface area contributed by atoms with Crippen molar-refractivity contribution in [3.8, 4) is 17.2 Å². The fourth-order valence-electron chi connectivity index (χ4n) is 3.24. The number of hydrogen-bond acceptors (Lipinski definition) is 8. The summed E-state index contributed by atoms with van der Waals surface area (Å²) in [5.74, 6) is -0.0746. The van der Waals surface area contributed by atoms with Gasteiger partial charge in [-0.2, -0.15) is 0 Å². The zero-order chi connectivity index (χ0) is 25.6. The topological polar surface area (TPSA) is 137 Å². The Morgan fingerprint density at radius 1 is 0.943 bits per heavy atom. The number of hydrogen-bond donors (Lipinski definition) is 1. The van der Waals surface area contributed by atoms with Gasteiger partial charge in [0.15, 0.2) is 0 Å². The molecule has 1 N–H and O–H groups in total. The second-order valence-electron chi connectivity index (χ2n) is 7.05. The van der Waals surface area contributed by atoms with Crippen LogP contribution in [0.15, 0.2) is 71.6 Å². The third kappa shape index (κ3) is 5.61. The Morgan fingerprint density at radius 3 is 2.20 bits per heavy atom. The lowest BCUT2D eigenvalue weighted by Crippen LogP contribution is -2.38. The molecule has 0 fully saturated rings. The Balaban J connectivity index is 2.06. The van der Waals surface area contributed by atoms with E-state index in [4.69, 9.17) is 14.2 Å². The quantitative estimate of drug-likeness (QED) is 0.329. The molecule has 3 rings (SSSR count). The van der Waals surface area contributed by atoms with Gasteiger partial charge in [-0.05, 0) is 30.3 Å². The summed E-state index contributed by atoms with van der Waals surface area (Å²) < 4.78 is 43.8. The number of nitrogens with zero attached hydrogens (tertiary/aromatic N) is 2. The summed E-state index contributed by atoms with van der Waals surface area (Å²) in [5, 5.41) is 13.7. The van der Waals surface area contributed by atoms with Gasteiger partial charge < -0.3 is 19.5 Å². The summed E-state index contributed by atoms with van der Waals surface area (Å²) in [6.07, 6.45) is 0. The Hall–Kier alpha value is -4.32. The van der Waals surface area contributed by atoms with Crippen LogP contribution in [0.5, 0.6) is 17.2 Å². The molecule has 0 saturated heterocycles. The maximum Gasteiger partial charge on any atom is 0.271 e. The summed E-state index contributed by atoms with van der Waals surface area (Å²) in [5.41, 5.74) is -0.192. The van der Waals surface area contributed by atoms with Gasteiger partial charge in [0.25, 0.3) is 15.7 Å². The number of nitrogens with one attached hydrogen (secondary N) is 1. The summed E-state index contributed by atoms with van der Waals surface area (Å²) in [6.45, 7) is -0.674. The van der Waals surface area contributed by atoms with Crippen molar-refractivity contribution in [3.05, 3.63) is 76.8 Å². The number of ether oxygens (including phenoxy) is 3. The average Bonchev–Trinajstić information content (AvgIpc) is 2.87. The van der Waals surface area contributed by atoms with Crippen molar-refractivity contribution in [1.82, 2.24) is 0 Å². The number of benzene rings is 3. The molecule has 1 amide bonds.